The molecule has 0 radical (unpaired) electrons. The van der Waals surface area contributed by atoms with Gasteiger partial charge in [-0.3, -0.25) is 4.57 Å². The quantitative estimate of drug-likeness (QED) is 0.281. The van der Waals surface area contributed by atoms with E-state index in [1.807, 2.05) is 34.6 Å². The predicted molar refractivity (Wildman–Crippen MR) is 138 cm³/mol. The first-order valence-electron chi connectivity index (χ1n) is 11.8. The number of esters is 1. The Labute approximate surface area is 233 Å². The van der Waals surface area contributed by atoms with E-state index < -0.39 is 19.4 Å². The second-order valence-corrected chi connectivity index (χ2v) is 11.0. The molecule has 0 saturated heterocycles. The van der Waals surface area contributed by atoms with Gasteiger partial charge in [0.25, 0.3) is 0 Å². The Balaban J connectivity index is 0.00000380. The average molecular weight is 533 g/mol. The molecule has 190 valence electrons. The van der Waals surface area contributed by atoms with Crippen LogP contribution in [0.1, 0.15) is 88.8 Å². The second-order valence-electron chi connectivity index (χ2n) is 9.90. The number of cyclic esters (lactones) is 1. The van der Waals surface area contributed by atoms with Gasteiger partial charge >= 0.3 is 36.8 Å². The topological polar surface area (TPSA) is 119 Å². The van der Waals surface area contributed by atoms with Crippen LogP contribution in [0.25, 0.3) is 0 Å². The van der Waals surface area contributed by atoms with Crippen molar-refractivity contribution in [3.63, 3.8) is 0 Å². The molecule has 9 heteroatoms. The summed E-state index contributed by atoms with van der Waals surface area (Å²) >= 11 is 0. The number of phosphoric ester groups is 1. The molecule has 3 aromatic carbocycles. The first kappa shape index (κ1) is 29.2. The van der Waals surface area contributed by atoms with E-state index in [1.165, 1.54) is 12.1 Å². The summed E-state index contributed by atoms with van der Waals surface area (Å²) in [6, 6.07) is 13.3. The first-order chi connectivity index (χ1) is 16.8. The van der Waals surface area contributed by atoms with Crippen molar-refractivity contribution < 1.29 is 33.5 Å². The maximum absolute atomic E-state index is 13.2. The molecule has 1 aliphatic heterocycles. The van der Waals surface area contributed by atoms with Gasteiger partial charge in [-0.15, -0.1) is 5.75 Å². The van der Waals surface area contributed by atoms with Crippen molar-refractivity contribution in [2.75, 3.05) is 0 Å². The molecule has 1 aliphatic rings. The van der Waals surface area contributed by atoms with Crippen molar-refractivity contribution in [3.05, 3.63) is 93.0 Å². The minimum atomic E-state index is -5.23. The number of fused-ring (bicyclic) bond motifs is 1. The number of rotatable bonds is 6. The molecule has 0 spiro atoms. The van der Waals surface area contributed by atoms with E-state index in [1.54, 1.807) is 43.3 Å². The summed E-state index contributed by atoms with van der Waals surface area (Å²) in [5.41, 5.74) is 2.60. The van der Waals surface area contributed by atoms with Crippen molar-refractivity contribution >= 4 is 36.8 Å². The van der Waals surface area contributed by atoms with Crippen molar-refractivity contribution in [2.45, 2.75) is 59.0 Å². The molecule has 2 unspecified atom stereocenters. The van der Waals surface area contributed by atoms with Crippen LogP contribution in [0.2, 0.25) is 0 Å². The van der Waals surface area contributed by atoms with Crippen molar-refractivity contribution in [3.8, 4) is 11.5 Å². The molecule has 0 fully saturated rings. The SMILES string of the molecule is Cc1cc(OP(=O)([O-])O)c(C2(c3cc([O-])c(C(C)C)cc3C)OC(=O)c3ccccc32)cc1C(C)C.[Mg+2]. The number of hydrogen-bond acceptors (Lipinski definition) is 6. The molecule has 7 nitrogen and oxygen atoms in total. The Kier molecular flexibility index (Phi) is 8.23. The van der Waals surface area contributed by atoms with E-state index in [0.29, 0.717) is 27.8 Å². The van der Waals surface area contributed by atoms with Gasteiger partial charge in [0.15, 0.2) is 5.60 Å². The zero-order chi connectivity index (χ0) is 26.6. The molecule has 0 saturated carbocycles. The fraction of sp³-hybridized carbons (Fsp3) is 0.321. The molecule has 1 N–H and O–H groups in total. The summed E-state index contributed by atoms with van der Waals surface area (Å²) in [5.74, 6) is -0.999. The van der Waals surface area contributed by atoms with Crippen LogP contribution in [0.15, 0.2) is 48.5 Å². The van der Waals surface area contributed by atoms with E-state index >= 15 is 0 Å². The van der Waals surface area contributed by atoms with E-state index in [9.17, 15) is 24.3 Å². The molecule has 37 heavy (non-hydrogen) atoms. The summed E-state index contributed by atoms with van der Waals surface area (Å²) in [4.78, 5) is 34.7. The first-order valence-corrected chi connectivity index (χ1v) is 13.3. The normalized spacial score (nSPS) is 18.3. The molecule has 2 atom stereocenters. The van der Waals surface area contributed by atoms with Crippen LogP contribution >= 0.6 is 7.82 Å². The number of ether oxygens (including phenoxy) is 1. The number of hydrogen-bond donors (Lipinski definition) is 1. The molecule has 4 rings (SSSR count). The van der Waals surface area contributed by atoms with Gasteiger partial charge in [0, 0.05) is 16.7 Å². The van der Waals surface area contributed by atoms with Crippen LogP contribution in [0.4, 0.5) is 0 Å². The third-order valence-electron chi connectivity index (χ3n) is 6.71. The summed E-state index contributed by atoms with van der Waals surface area (Å²) in [5, 5.41) is 13.2. The smallest absolute Gasteiger partial charge is 0.872 e. The molecular weight excluding hydrogens is 504 g/mol. The monoisotopic (exact) mass is 532 g/mol. The molecular formula is C28H29MgO7P. The third-order valence-corrected chi connectivity index (χ3v) is 7.14. The number of aryl methyl sites for hydroxylation is 2. The third kappa shape index (κ3) is 5.18. The minimum absolute atomic E-state index is 0. The Bertz CT molecular complexity index is 1410. The van der Waals surface area contributed by atoms with Crippen LogP contribution < -0.4 is 14.5 Å². The Morgan fingerprint density at radius 3 is 2.14 bits per heavy atom. The van der Waals surface area contributed by atoms with Crippen LogP contribution in [-0.2, 0) is 14.9 Å². The summed E-state index contributed by atoms with van der Waals surface area (Å²) in [7, 11) is -5.23. The number of carbonyl (C=O) groups excluding carboxylic acids is 1. The van der Waals surface area contributed by atoms with Gasteiger partial charge in [-0.25, -0.2) is 4.79 Å². The van der Waals surface area contributed by atoms with Crippen LogP contribution in [0, 0.1) is 13.8 Å². The zero-order valence-corrected chi connectivity index (χ0v) is 24.1. The second kappa shape index (κ2) is 10.4. The van der Waals surface area contributed by atoms with Crippen molar-refractivity contribution in [1.29, 1.82) is 0 Å². The summed E-state index contributed by atoms with van der Waals surface area (Å²) in [6.45, 7) is 11.4. The standard InChI is InChI=1S/C28H31O7P.Mg/c1-15(2)20-13-24(26(12-17(20)5)35-36(31,32)33)28(22-10-8-7-9-19(22)27(30)34-28)23-14-25(29)21(16(3)4)11-18(23)6;/h7-16,29H,1-6H3,(H2,31,32,33);/q;+2/p-2. The van der Waals surface area contributed by atoms with Gasteiger partial charge in [0.1, 0.15) is 5.75 Å². The predicted octanol–water partition coefficient (Wildman–Crippen LogP) is 4.54. The molecule has 3 aromatic rings. The van der Waals surface area contributed by atoms with Gasteiger partial charge in [-0.1, -0.05) is 63.6 Å². The van der Waals surface area contributed by atoms with Crippen LogP contribution in [0.5, 0.6) is 11.5 Å². The van der Waals surface area contributed by atoms with Gasteiger partial charge in [-0.05, 0) is 60.6 Å². The Morgan fingerprint density at radius 2 is 1.54 bits per heavy atom. The van der Waals surface area contributed by atoms with E-state index in [2.05, 4.69) is 0 Å². The largest absolute Gasteiger partial charge is 2.00 e. The molecule has 1 heterocycles. The van der Waals surface area contributed by atoms with Gasteiger partial charge in [0.05, 0.1) is 5.56 Å². The molecule has 0 aliphatic carbocycles. The Morgan fingerprint density at radius 1 is 0.919 bits per heavy atom. The maximum atomic E-state index is 13.2. The Hall–Kier alpha value is -2.35. The van der Waals surface area contributed by atoms with E-state index in [-0.39, 0.29) is 52.0 Å². The van der Waals surface area contributed by atoms with E-state index in [0.717, 1.165) is 11.1 Å². The maximum Gasteiger partial charge on any atom is 2.00 e. The fourth-order valence-electron chi connectivity index (χ4n) is 5.10. The number of carbonyl (C=O) groups is 1. The van der Waals surface area contributed by atoms with Crippen LogP contribution in [-0.4, -0.2) is 33.9 Å². The van der Waals surface area contributed by atoms with Crippen molar-refractivity contribution in [1.82, 2.24) is 0 Å². The average Bonchev–Trinajstić information content (AvgIpc) is 3.07. The summed E-state index contributed by atoms with van der Waals surface area (Å²) in [6.07, 6.45) is 0. The van der Waals surface area contributed by atoms with Gasteiger partial charge in [-0.2, -0.15) is 0 Å². The van der Waals surface area contributed by atoms with Crippen molar-refractivity contribution in [2.24, 2.45) is 0 Å². The summed E-state index contributed by atoms with van der Waals surface area (Å²) < 4.78 is 23.1. The molecule has 0 bridgehead atoms. The van der Waals surface area contributed by atoms with Crippen LogP contribution in [0.3, 0.4) is 0 Å². The number of phosphoric acid groups is 1. The van der Waals surface area contributed by atoms with Gasteiger partial charge in [0.2, 0.25) is 0 Å². The molecule has 0 aromatic heterocycles. The molecule has 0 amide bonds. The fourth-order valence-corrected chi connectivity index (χ4v) is 5.50. The number of benzene rings is 3. The van der Waals surface area contributed by atoms with Gasteiger partial charge < -0.3 is 24.2 Å². The minimum Gasteiger partial charge on any atom is -0.872 e. The van der Waals surface area contributed by atoms with E-state index in [4.69, 9.17) is 9.26 Å². The zero-order valence-electron chi connectivity index (χ0n) is 21.8.